The Morgan fingerprint density at radius 2 is 2.43 bits per heavy atom. The second-order valence-corrected chi connectivity index (χ2v) is 4.57. The summed E-state index contributed by atoms with van der Waals surface area (Å²) in [4.78, 5) is 4.25. The van der Waals surface area contributed by atoms with Crippen molar-refractivity contribution in [1.29, 1.82) is 0 Å². The molecule has 0 spiro atoms. The molecule has 0 saturated carbocycles. The standard InChI is InChI=1S/C10H19N3S/c1-4-13-8-7-12-10(13)11-6-5-9(2)14-3/h7-9H,4-6H2,1-3H3,(H,11,12). The molecule has 1 aromatic heterocycles. The van der Waals surface area contributed by atoms with Crippen molar-refractivity contribution in [1.82, 2.24) is 9.55 Å². The van der Waals surface area contributed by atoms with Gasteiger partial charge in [0, 0.05) is 30.7 Å². The van der Waals surface area contributed by atoms with Gasteiger partial charge in [-0.3, -0.25) is 0 Å². The van der Waals surface area contributed by atoms with Crippen LogP contribution in [0.4, 0.5) is 5.95 Å². The van der Waals surface area contributed by atoms with Crippen LogP contribution < -0.4 is 5.32 Å². The molecule has 1 N–H and O–H groups in total. The summed E-state index contributed by atoms with van der Waals surface area (Å²) in [5.41, 5.74) is 0. The highest BCUT2D eigenvalue weighted by Gasteiger charge is 2.01. The van der Waals surface area contributed by atoms with E-state index in [0.29, 0.717) is 5.25 Å². The third kappa shape index (κ3) is 3.25. The number of imidazole rings is 1. The Bertz CT molecular complexity index is 260. The maximum Gasteiger partial charge on any atom is 0.202 e. The van der Waals surface area contributed by atoms with Crippen molar-refractivity contribution in [2.24, 2.45) is 0 Å². The predicted octanol–water partition coefficient (Wildman–Crippen LogP) is 2.46. The molecular formula is C10H19N3S. The molecule has 0 saturated heterocycles. The molecule has 14 heavy (non-hydrogen) atoms. The van der Waals surface area contributed by atoms with Gasteiger partial charge in [-0.25, -0.2) is 4.98 Å². The summed E-state index contributed by atoms with van der Waals surface area (Å²) in [5, 5.41) is 4.06. The Kier molecular flexibility index (Phi) is 4.87. The lowest BCUT2D eigenvalue weighted by atomic mass is 10.3. The van der Waals surface area contributed by atoms with Crippen LogP contribution in [-0.2, 0) is 6.54 Å². The van der Waals surface area contributed by atoms with E-state index >= 15 is 0 Å². The fourth-order valence-electron chi connectivity index (χ4n) is 1.24. The van der Waals surface area contributed by atoms with E-state index < -0.39 is 0 Å². The molecule has 0 fully saturated rings. The topological polar surface area (TPSA) is 29.9 Å². The SMILES string of the molecule is CCn1ccnc1NCCC(C)SC. The molecule has 3 nitrogen and oxygen atoms in total. The first-order valence-corrected chi connectivity index (χ1v) is 6.34. The third-order valence-corrected chi connectivity index (χ3v) is 3.33. The lowest BCUT2D eigenvalue weighted by Crippen LogP contribution is -2.11. The van der Waals surface area contributed by atoms with Gasteiger partial charge in [0.15, 0.2) is 0 Å². The van der Waals surface area contributed by atoms with Crippen molar-refractivity contribution in [2.75, 3.05) is 18.1 Å². The molecule has 0 radical (unpaired) electrons. The number of aromatic nitrogens is 2. The summed E-state index contributed by atoms with van der Waals surface area (Å²) in [5.74, 6) is 0.987. The number of rotatable bonds is 6. The fourth-order valence-corrected chi connectivity index (χ4v) is 1.59. The maximum absolute atomic E-state index is 4.25. The van der Waals surface area contributed by atoms with Gasteiger partial charge in [0.05, 0.1) is 0 Å². The highest BCUT2D eigenvalue weighted by Crippen LogP contribution is 2.10. The van der Waals surface area contributed by atoms with Crippen LogP contribution in [0.25, 0.3) is 0 Å². The highest BCUT2D eigenvalue weighted by atomic mass is 32.2. The first-order valence-electron chi connectivity index (χ1n) is 5.05. The lowest BCUT2D eigenvalue weighted by Gasteiger charge is -2.10. The molecule has 1 unspecified atom stereocenters. The largest absolute Gasteiger partial charge is 0.356 e. The van der Waals surface area contributed by atoms with Gasteiger partial charge in [0.25, 0.3) is 0 Å². The summed E-state index contributed by atoms with van der Waals surface area (Å²) in [7, 11) is 0. The van der Waals surface area contributed by atoms with Crippen LogP contribution in [0.15, 0.2) is 12.4 Å². The van der Waals surface area contributed by atoms with Crippen molar-refractivity contribution in [2.45, 2.75) is 32.1 Å². The number of hydrogen-bond donors (Lipinski definition) is 1. The van der Waals surface area contributed by atoms with Gasteiger partial charge in [-0.15, -0.1) is 0 Å². The molecule has 4 heteroatoms. The van der Waals surface area contributed by atoms with Gasteiger partial charge in [-0.05, 0) is 19.6 Å². The van der Waals surface area contributed by atoms with Crippen LogP contribution in [0.3, 0.4) is 0 Å². The molecule has 0 aliphatic carbocycles. The van der Waals surface area contributed by atoms with E-state index in [1.165, 1.54) is 6.42 Å². The number of thioether (sulfide) groups is 1. The van der Waals surface area contributed by atoms with Crippen LogP contribution in [-0.4, -0.2) is 27.6 Å². The fraction of sp³-hybridized carbons (Fsp3) is 0.700. The first kappa shape index (κ1) is 11.4. The molecule has 0 aromatic carbocycles. The molecule has 1 atom stereocenters. The van der Waals surface area contributed by atoms with E-state index in [4.69, 9.17) is 0 Å². The van der Waals surface area contributed by atoms with Gasteiger partial charge >= 0.3 is 0 Å². The predicted molar refractivity (Wildman–Crippen MR) is 64.0 cm³/mol. The normalized spacial score (nSPS) is 12.8. The smallest absolute Gasteiger partial charge is 0.202 e. The Labute approximate surface area is 90.3 Å². The van der Waals surface area contributed by atoms with E-state index in [1.807, 2.05) is 24.2 Å². The number of hydrogen-bond acceptors (Lipinski definition) is 3. The minimum atomic E-state index is 0.715. The molecule has 0 aliphatic heterocycles. The second kappa shape index (κ2) is 5.96. The van der Waals surface area contributed by atoms with Gasteiger partial charge in [-0.2, -0.15) is 11.8 Å². The van der Waals surface area contributed by atoms with Crippen molar-refractivity contribution >= 4 is 17.7 Å². The average molecular weight is 213 g/mol. The minimum absolute atomic E-state index is 0.715. The molecule has 0 aliphatic rings. The van der Waals surface area contributed by atoms with E-state index in [9.17, 15) is 0 Å². The monoisotopic (exact) mass is 213 g/mol. The molecule has 1 rings (SSSR count). The number of aryl methyl sites for hydroxylation is 1. The Morgan fingerprint density at radius 3 is 3.07 bits per heavy atom. The number of nitrogens with zero attached hydrogens (tertiary/aromatic N) is 2. The van der Waals surface area contributed by atoms with Crippen molar-refractivity contribution in [3.63, 3.8) is 0 Å². The molecule has 1 heterocycles. The molecule has 1 aromatic rings. The molecular weight excluding hydrogens is 194 g/mol. The first-order chi connectivity index (χ1) is 6.77. The van der Waals surface area contributed by atoms with E-state index in [0.717, 1.165) is 19.0 Å². The highest BCUT2D eigenvalue weighted by molar-refractivity contribution is 7.99. The zero-order valence-electron chi connectivity index (χ0n) is 9.16. The van der Waals surface area contributed by atoms with E-state index in [1.54, 1.807) is 0 Å². The molecule has 0 amide bonds. The minimum Gasteiger partial charge on any atom is -0.356 e. The Balaban J connectivity index is 2.31. The van der Waals surface area contributed by atoms with Gasteiger partial charge < -0.3 is 9.88 Å². The van der Waals surface area contributed by atoms with Crippen molar-refractivity contribution < 1.29 is 0 Å². The third-order valence-electron chi connectivity index (χ3n) is 2.29. The second-order valence-electron chi connectivity index (χ2n) is 3.30. The van der Waals surface area contributed by atoms with Crippen molar-refractivity contribution in [3.8, 4) is 0 Å². The molecule has 0 bridgehead atoms. The van der Waals surface area contributed by atoms with E-state index in [-0.39, 0.29) is 0 Å². The summed E-state index contributed by atoms with van der Waals surface area (Å²) in [6, 6.07) is 0. The Morgan fingerprint density at radius 1 is 1.64 bits per heavy atom. The number of anilines is 1. The summed E-state index contributed by atoms with van der Waals surface area (Å²) in [6.07, 6.45) is 7.17. The van der Waals surface area contributed by atoms with Gasteiger partial charge in [-0.1, -0.05) is 6.92 Å². The summed E-state index contributed by atoms with van der Waals surface area (Å²) in [6.45, 7) is 6.34. The van der Waals surface area contributed by atoms with Gasteiger partial charge in [0.2, 0.25) is 5.95 Å². The van der Waals surface area contributed by atoms with Crippen LogP contribution >= 0.6 is 11.8 Å². The van der Waals surface area contributed by atoms with Crippen LogP contribution in [0.1, 0.15) is 20.3 Å². The van der Waals surface area contributed by atoms with Crippen molar-refractivity contribution in [3.05, 3.63) is 12.4 Å². The summed E-state index contributed by atoms with van der Waals surface area (Å²) < 4.78 is 2.11. The Hall–Kier alpha value is -0.640. The number of nitrogens with one attached hydrogen (secondary N) is 1. The van der Waals surface area contributed by atoms with Crippen LogP contribution in [0.5, 0.6) is 0 Å². The zero-order valence-corrected chi connectivity index (χ0v) is 9.97. The average Bonchev–Trinajstić information content (AvgIpc) is 2.65. The quantitative estimate of drug-likeness (QED) is 0.787. The maximum atomic E-state index is 4.25. The van der Waals surface area contributed by atoms with E-state index in [2.05, 4.69) is 35.0 Å². The molecule has 80 valence electrons. The lowest BCUT2D eigenvalue weighted by molar-refractivity contribution is 0.754. The van der Waals surface area contributed by atoms with Crippen LogP contribution in [0, 0.1) is 0 Å². The van der Waals surface area contributed by atoms with Crippen LogP contribution in [0.2, 0.25) is 0 Å². The summed E-state index contributed by atoms with van der Waals surface area (Å²) >= 11 is 1.90. The van der Waals surface area contributed by atoms with Gasteiger partial charge in [0.1, 0.15) is 0 Å². The zero-order chi connectivity index (χ0) is 10.4.